The van der Waals surface area contributed by atoms with Crippen molar-refractivity contribution in [3.63, 3.8) is 0 Å². The minimum absolute atomic E-state index is 0. The van der Waals surface area contributed by atoms with E-state index in [1.165, 1.54) is 19.6 Å². The van der Waals surface area contributed by atoms with Crippen molar-refractivity contribution in [3.8, 4) is 0 Å². The van der Waals surface area contributed by atoms with Gasteiger partial charge >= 0.3 is 33.9 Å². The Morgan fingerprint density at radius 2 is 1.72 bits per heavy atom. The Kier molecular flexibility index (Phi) is 60.1. The molecule has 0 fully saturated rings. The van der Waals surface area contributed by atoms with Crippen LogP contribution in [0.15, 0.2) is 12.7 Å². The quantitative estimate of drug-likeness (QED) is 0.324. The molecule has 0 unspecified atom stereocenters. The standard InChI is InChI=1S/C7H9NO3.3CO.Fe/c1-3-4-5-8(6-9)7(10)11-2;3*1-2;/h3-4H,1,5H2,2H3;;;;/q-1;;;;. The molecule has 0 aliphatic heterocycles. The summed E-state index contributed by atoms with van der Waals surface area (Å²) < 4.78 is 26.8. The van der Waals surface area contributed by atoms with E-state index in [0.29, 0.717) is 0 Å². The molecule has 0 heterocycles. The average molecular weight is 295 g/mol. The van der Waals surface area contributed by atoms with Crippen LogP contribution in [0.2, 0.25) is 0 Å². The first-order valence-corrected chi connectivity index (χ1v) is 3.55. The van der Waals surface area contributed by atoms with Gasteiger partial charge in [0.2, 0.25) is 0 Å². The number of amides is 2. The van der Waals surface area contributed by atoms with Gasteiger partial charge in [0.1, 0.15) is 0 Å². The molecule has 0 saturated carbocycles. The van der Waals surface area contributed by atoms with E-state index in [1.807, 2.05) is 0 Å². The minimum Gasteiger partial charge on any atom is 0 e. The fourth-order valence-corrected chi connectivity index (χ4v) is 0.439. The zero-order chi connectivity index (χ0) is 14.7. The molecule has 0 aliphatic rings. The second-order valence-electron chi connectivity index (χ2n) is 1.64. The van der Waals surface area contributed by atoms with E-state index in [9.17, 15) is 9.59 Å². The van der Waals surface area contributed by atoms with Gasteiger partial charge in [-0.2, -0.15) is 0 Å². The number of methoxy groups -OCH3 is 1. The van der Waals surface area contributed by atoms with Crippen LogP contribution in [-0.2, 0) is 40.6 Å². The van der Waals surface area contributed by atoms with Gasteiger partial charge in [-0.3, -0.25) is 0 Å². The van der Waals surface area contributed by atoms with Gasteiger partial charge in [0.05, 0.1) is 13.5 Å². The smallest absolute Gasteiger partial charge is 0 e. The summed E-state index contributed by atoms with van der Waals surface area (Å²) in [5.41, 5.74) is 0. The van der Waals surface area contributed by atoms with Gasteiger partial charge in [0.15, 0.2) is 0 Å². The first-order valence-electron chi connectivity index (χ1n) is 3.55. The fourth-order valence-electron chi connectivity index (χ4n) is 0.439. The predicted octanol–water partition coefficient (Wildman–Crippen LogP) is 0.397. The van der Waals surface area contributed by atoms with E-state index >= 15 is 0 Å². The third kappa shape index (κ3) is 23.9. The molecule has 2 amide bonds. The average Bonchev–Trinajstić information content (AvgIpc) is 2.45. The van der Waals surface area contributed by atoms with Gasteiger partial charge in [0, 0.05) is 23.6 Å². The largest absolute Gasteiger partial charge is 0 e. The van der Waals surface area contributed by atoms with Crippen molar-refractivity contribution in [2.75, 3.05) is 13.7 Å². The molecule has 0 saturated heterocycles. The third-order valence-corrected chi connectivity index (χ3v) is 0.960. The number of hydrogen-bond donors (Lipinski definition) is 0. The minimum atomic E-state index is -0.724. The molecule has 0 spiro atoms. The molecule has 18 heavy (non-hydrogen) atoms. The Morgan fingerprint density at radius 3 is 1.94 bits per heavy atom. The number of carbonyl (C=O) groups excluding carboxylic acids is 2. The van der Waals surface area contributed by atoms with Gasteiger partial charge in [-0.25, -0.2) is 0 Å². The summed E-state index contributed by atoms with van der Waals surface area (Å²) >= 11 is 0. The Hall–Kier alpha value is -1.58. The van der Waals surface area contributed by atoms with Crippen LogP contribution in [0.3, 0.4) is 0 Å². The molecule has 0 bridgehead atoms. The summed E-state index contributed by atoms with van der Waals surface area (Å²) in [6.45, 7) is 17.0. The van der Waals surface area contributed by atoms with Crippen LogP contribution in [0.1, 0.15) is 0 Å². The summed E-state index contributed by atoms with van der Waals surface area (Å²) in [6, 6.07) is 0. The molecule has 99 valence electrons. The van der Waals surface area contributed by atoms with Crippen molar-refractivity contribution in [1.29, 1.82) is 0 Å². The van der Waals surface area contributed by atoms with Crippen molar-refractivity contribution >= 4 is 12.5 Å². The molecule has 0 N–H and O–H groups in total. The van der Waals surface area contributed by atoms with Crippen LogP contribution in [-0.4, -0.2) is 31.1 Å². The van der Waals surface area contributed by atoms with E-state index in [2.05, 4.69) is 31.3 Å². The SMILES string of the molecule is C=C[CH]CN([C-]=O)C(=O)OC.[C-]#[O+].[C-]#[O+].[C-]#[O+].[Fe]. The van der Waals surface area contributed by atoms with E-state index in [1.54, 1.807) is 6.42 Å². The third-order valence-electron chi connectivity index (χ3n) is 0.960. The summed E-state index contributed by atoms with van der Waals surface area (Å²) in [6.07, 6.45) is 3.72. The van der Waals surface area contributed by atoms with Crippen LogP contribution >= 0.6 is 0 Å². The molecular formula is C10H9FeNO6-. The van der Waals surface area contributed by atoms with E-state index in [-0.39, 0.29) is 23.6 Å². The molecule has 8 heteroatoms. The first-order chi connectivity index (χ1) is 8.26. The second kappa shape index (κ2) is 36.1. The Labute approximate surface area is 116 Å². The molecule has 0 rings (SSSR count). The summed E-state index contributed by atoms with van der Waals surface area (Å²) in [5, 5.41) is 0. The number of imide groups is 1. The molecule has 7 nitrogen and oxygen atoms in total. The molecule has 0 aromatic carbocycles. The van der Waals surface area contributed by atoms with E-state index < -0.39 is 6.09 Å². The molecule has 1 radical (unpaired) electrons. The number of hydrogen-bond acceptors (Lipinski definition) is 3. The van der Waals surface area contributed by atoms with Gasteiger partial charge in [-0.05, 0) is 6.42 Å². The summed E-state index contributed by atoms with van der Waals surface area (Å²) in [7, 11) is 1.20. The predicted molar refractivity (Wildman–Crippen MR) is 51.1 cm³/mol. The Bertz CT molecular complexity index is 247. The number of nitrogens with zero attached hydrogens (tertiary/aromatic N) is 1. The van der Waals surface area contributed by atoms with Crippen molar-refractivity contribution in [1.82, 2.24) is 4.90 Å². The zero-order valence-electron chi connectivity index (χ0n) is 9.32. The van der Waals surface area contributed by atoms with Gasteiger partial charge in [-0.1, -0.05) is 6.08 Å². The maximum atomic E-state index is 10.6. The molecule has 0 aromatic rings. The first kappa shape index (κ1) is 29.9. The van der Waals surface area contributed by atoms with Gasteiger partial charge < -0.3 is 19.2 Å². The van der Waals surface area contributed by atoms with Crippen LogP contribution < -0.4 is 0 Å². The Morgan fingerprint density at radius 1 is 1.33 bits per heavy atom. The van der Waals surface area contributed by atoms with Crippen molar-refractivity contribution in [2.45, 2.75) is 0 Å². The normalized spacial score (nSPS) is 5.50. The summed E-state index contributed by atoms with van der Waals surface area (Å²) in [5.74, 6) is 0. The maximum Gasteiger partial charge on any atom is 0 e. The second-order valence-corrected chi connectivity index (χ2v) is 1.64. The maximum absolute atomic E-state index is 10.6. The van der Waals surface area contributed by atoms with Crippen LogP contribution in [0.25, 0.3) is 0 Å². The van der Waals surface area contributed by atoms with E-state index in [4.69, 9.17) is 14.0 Å². The van der Waals surface area contributed by atoms with Crippen molar-refractivity contribution < 1.29 is 45.4 Å². The zero-order valence-corrected chi connectivity index (χ0v) is 10.4. The molecule has 0 atom stereocenters. The number of rotatable bonds is 4. The molecule has 0 aromatic heterocycles. The Balaban J connectivity index is -0.0000000700. The molecule has 0 aliphatic carbocycles. The van der Waals surface area contributed by atoms with Crippen molar-refractivity contribution in [2.24, 2.45) is 0 Å². The molecular weight excluding hydrogens is 286 g/mol. The summed E-state index contributed by atoms with van der Waals surface area (Å²) in [4.78, 5) is 21.5. The van der Waals surface area contributed by atoms with Crippen LogP contribution in [0, 0.1) is 26.4 Å². The fraction of sp³-hybridized carbons (Fsp3) is 0.200. The van der Waals surface area contributed by atoms with Gasteiger partial charge in [0.25, 0.3) is 6.09 Å². The van der Waals surface area contributed by atoms with Crippen LogP contribution in [0.5, 0.6) is 0 Å². The van der Waals surface area contributed by atoms with Crippen molar-refractivity contribution in [3.05, 3.63) is 39.0 Å². The van der Waals surface area contributed by atoms with Gasteiger partial charge in [-0.15, -0.1) is 6.58 Å². The monoisotopic (exact) mass is 295 g/mol. The van der Waals surface area contributed by atoms with Crippen LogP contribution in [0.4, 0.5) is 4.79 Å². The van der Waals surface area contributed by atoms with E-state index in [0.717, 1.165) is 4.90 Å². The number of ether oxygens (including phenoxy) is 1. The number of carbonyl (C=O) groups is 1. The topological polar surface area (TPSA) is 106 Å².